The Morgan fingerprint density at radius 1 is 1.38 bits per heavy atom. The summed E-state index contributed by atoms with van der Waals surface area (Å²) in [6.07, 6.45) is 7.04. The Balaban J connectivity index is 1.97. The minimum absolute atomic E-state index is 0.0757. The first kappa shape index (κ1) is 18.8. The SMILES string of the molecule is CS(=O)(=O)c1cc(CCC(=O)O)cc(C2CC(=O)C3=C(C=CCC3)S2)n1. The van der Waals surface area contributed by atoms with Crippen molar-refractivity contribution < 1.29 is 23.1 Å². The van der Waals surface area contributed by atoms with Crippen LogP contribution in [0.25, 0.3) is 0 Å². The van der Waals surface area contributed by atoms with Crippen molar-refractivity contribution in [1.29, 1.82) is 0 Å². The topological polar surface area (TPSA) is 101 Å². The second-order valence-corrected chi connectivity index (χ2v) is 9.63. The molecule has 3 rings (SSSR count). The van der Waals surface area contributed by atoms with E-state index < -0.39 is 15.8 Å². The number of aromatic nitrogens is 1. The van der Waals surface area contributed by atoms with Crippen LogP contribution < -0.4 is 0 Å². The first-order valence-electron chi connectivity index (χ1n) is 8.26. The van der Waals surface area contributed by atoms with Gasteiger partial charge in [-0.2, -0.15) is 0 Å². The van der Waals surface area contributed by atoms with E-state index in [1.165, 1.54) is 17.8 Å². The van der Waals surface area contributed by atoms with Gasteiger partial charge in [0.05, 0.1) is 10.9 Å². The highest BCUT2D eigenvalue weighted by atomic mass is 32.2. The van der Waals surface area contributed by atoms with Gasteiger partial charge in [-0.1, -0.05) is 12.2 Å². The molecule has 1 N–H and O–H groups in total. The van der Waals surface area contributed by atoms with E-state index in [0.717, 1.165) is 29.6 Å². The van der Waals surface area contributed by atoms with Crippen molar-refractivity contribution in [1.82, 2.24) is 4.98 Å². The molecular formula is C18H19NO5S2. The molecule has 26 heavy (non-hydrogen) atoms. The molecule has 1 aromatic rings. The van der Waals surface area contributed by atoms with Gasteiger partial charge in [-0.05, 0) is 37.0 Å². The molecule has 8 heteroatoms. The van der Waals surface area contributed by atoms with Crippen LogP contribution in [0.3, 0.4) is 0 Å². The van der Waals surface area contributed by atoms with Gasteiger partial charge in [0.1, 0.15) is 0 Å². The molecule has 1 atom stereocenters. The van der Waals surface area contributed by atoms with E-state index in [0.29, 0.717) is 11.3 Å². The highest BCUT2D eigenvalue weighted by molar-refractivity contribution is 8.03. The van der Waals surface area contributed by atoms with E-state index >= 15 is 0 Å². The zero-order valence-corrected chi connectivity index (χ0v) is 15.9. The lowest BCUT2D eigenvalue weighted by atomic mass is 9.96. The van der Waals surface area contributed by atoms with Crippen molar-refractivity contribution in [3.05, 3.63) is 46.0 Å². The minimum atomic E-state index is -3.54. The molecule has 0 amide bonds. The predicted molar refractivity (Wildman–Crippen MR) is 98.7 cm³/mol. The first-order valence-corrected chi connectivity index (χ1v) is 11.0. The average molecular weight is 393 g/mol. The number of allylic oxidation sites excluding steroid dienone is 3. The molecule has 0 radical (unpaired) electrons. The zero-order valence-electron chi connectivity index (χ0n) is 14.3. The maximum atomic E-state index is 12.5. The molecule has 6 nitrogen and oxygen atoms in total. The standard InChI is InChI=1S/C18H19NO5S2/c1-26(23,24)17-9-11(6-7-18(21)22)8-13(19-17)16-10-14(20)12-4-2-3-5-15(12)25-16/h3,5,8-9,16H,2,4,6-7,10H2,1H3,(H,21,22). The average Bonchev–Trinajstić information content (AvgIpc) is 2.59. The third kappa shape index (κ3) is 4.24. The number of Topliss-reactive ketones (excluding diaryl/α,β-unsaturated/α-hetero) is 1. The molecule has 138 valence electrons. The summed E-state index contributed by atoms with van der Waals surface area (Å²) in [7, 11) is -3.54. The van der Waals surface area contributed by atoms with Gasteiger partial charge in [-0.3, -0.25) is 9.59 Å². The van der Waals surface area contributed by atoms with Crippen LogP contribution in [0.1, 0.15) is 42.2 Å². The van der Waals surface area contributed by atoms with Gasteiger partial charge < -0.3 is 5.11 Å². The van der Waals surface area contributed by atoms with E-state index in [4.69, 9.17) is 5.11 Å². The van der Waals surface area contributed by atoms with E-state index in [-0.39, 0.29) is 35.3 Å². The number of pyridine rings is 1. The molecule has 0 fully saturated rings. The molecule has 0 aromatic carbocycles. The molecule has 1 aliphatic carbocycles. The predicted octanol–water partition coefficient (Wildman–Crippen LogP) is 2.85. The number of carboxylic acid groups (broad SMARTS) is 1. The number of carboxylic acids is 1. The summed E-state index contributed by atoms with van der Waals surface area (Å²) in [6, 6.07) is 3.14. The quantitative estimate of drug-likeness (QED) is 0.821. The monoisotopic (exact) mass is 393 g/mol. The zero-order chi connectivity index (χ0) is 18.9. The van der Waals surface area contributed by atoms with E-state index in [1.54, 1.807) is 6.07 Å². The number of aliphatic carboxylic acids is 1. The van der Waals surface area contributed by atoms with Crippen LogP contribution in [0.15, 0.2) is 39.8 Å². The largest absolute Gasteiger partial charge is 0.481 e. The fourth-order valence-electron chi connectivity index (χ4n) is 3.01. The highest BCUT2D eigenvalue weighted by Crippen LogP contribution is 2.46. The maximum Gasteiger partial charge on any atom is 0.303 e. The van der Waals surface area contributed by atoms with Gasteiger partial charge in [0, 0.05) is 29.6 Å². The molecule has 1 aromatic heterocycles. The summed E-state index contributed by atoms with van der Waals surface area (Å²) < 4.78 is 24.0. The molecule has 0 saturated heterocycles. The number of ketones is 1. The summed E-state index contributed by atoms with van der Waals surface area (Å²) >= 11 is 1.52. The van der Waals surface area contributed by atoms with Crippen molar-refractivity contribution >= 4 is 33.4 Å². The van der Waals surface area contributed by atoms with Crippen molar-refractivity contribution in [2.24, 2.45) is 0 Å². The number of nitrogens with zero attached hydrogens (tertiary/aromatic N) is 1. The summed E-state index contributed by atoms with van der Waals surface area (Å²) in [6.45, 7) is 0. The maximum absolute atomic E-state index is 12.5. The molecule has 1 unspecified atom stereocenters. The smallest absolute Gasteiger partial charge is 0.303 e. The summed E-state index contributed by atoms with van der Waals surface area (Å²) in [5.41, 5.74) is 1.96. The highest BCUT2D eigenvalue weighted by Gasteiger charge is 2.30. The van der Waals surface area contributed by atoms with Crippen LogP contribution in [0.2, 0.25) is 0 Å². The lowest BCUT2D eigenvalue weighted by molar-refractivity contribution is -0.137. The normalized spacial score (nSPS) is 20.2. The molecular weight excluding hydrogens is 374 g/mol. The van der Waals surface area contributed by atoms with Crippen LogP contribution in [0.5, 0.6) is 0 Å². The van der Waals surface area contributed by atoms with Crippen LogP contribution >= 0.6 is 11.8 Å². The second kappa shape index (κ2) is 7.36. The van der Waals surface area contributed by atoms with Gasteiger partial charge in [-0.15, -0.1) is 11.8 Å². The van der Waals surface area contributed by atoms with Crippen LogP contribution in [0.4, 0.5) is 0 Å². The number of carbonyl (C=O) groups is 2. The Kier molecular flexibility index (Phi) is 5.34. The fraction of sp³-hybridized carbons (Fsp3) is 0.389. The number of aryl methyl sites for hydroxylation is 1. The molecule has 0 spiro atoms. The fourth-order valence-corrected chi connectivity index (χ4v) is 4.97. The van der Waals surface area contributed by atoms with Gasteiger partial charge in [0.15, 0.2) is 20.6 Å². The van der Waals surface area contributed by atoms with Gasteiger partial charge in [0.2, 0.25) is 0 Å². The number of hydrogen-bond donors (Lipinski definition) is 1. The summed E-state index contributed by atoms with van der Waals surface area (Å²) in [5, 5.41) is 8.54. The Morgan fingerprint density at radius 2 is 2.15 bits per heavy atom. The Morgan fingerprint density at radius 3 is 2.85 bits per heavy atom. The van der Waals surface area contributed by atoms with Crippen molar-refractivity contribution in [2.75, 3.05) is 6.26 Å². The molecule has 2 heterocycles. The Hall–Kier alpha value is -1.93. The molecule has 2 aliphatic rings. The van der Waals surface area contributed by atoms with Crippen molar-refractivity contribution in [3.8, 4) is 0 Å². The minimum Gasteiger partial charge on any atom is -0.481 e. The van der Waals surface area contributed by atoms with Crippen LogP contribution in [0, 0.1) is 0 Å². The van der Waals surface area contributed by atoms with Crippen LogP contribution in [-0.4, -0.2) is 36.5 Å². The van der Waals surface area contributed by atoms with E-state index in [1.807, 2.05) is 12.2 Å². The van der Waals surface area contributed by atoms with E-state index in [9.17, 15) is 18.0 Å². The Labute approximate surface area is 156 Å². The lowest BCUT2D eigenvalue weighted by Gasteiger charge is -2.26. The Bertz CT molecular complexity index is 931. The second-order valence-electron chi connectivity index (χ2n) is 6.42. The number of thioether (sulfide) groups is 1. The van der Waals surface area contributed by atoms with E-state index in [2.05, 4.69) is 4.98 Å². The first-order chi connectivity index (χ1) is 12.2. The van der Waals surface area contributed by atoms with Crippen LogP contribution in [-0.2, 0) is 25.8 Å². The summed E-state index contributed by atoms with van der Waals surface area (Å²) in [5.74, 6) is -0.875. The number of sulfone groups is 1. The number of rotatable bonds is 5. The molecule has 1 aliphatic heterocycles. The summed E-state index contributed by atoms with van der Waals surface area (Å²) in [4.78, 5) is 28.5. The molecule has 0 bridgehead atoms. The third-order valence-electron chi connectivity index (χ3n) is 4.32. The third-order valence-corrected chi connectivity index (χ3v) is 6.62. The number of carbonyl (C=O) groups excluding carboxylic acids is 1. The van der Waals surface area contributed by atoms with Gasteiger partial charge in [0.25, 0.3) is 0 Å². The van der Waals surface area contributed by atoms with Crippen molar-refractivity contribution in [3.63, 3.8) is 0 Å². The van der Waals surface area contributed by atoms with Crippen molar-refractivity contribution in [2.45, 2.75) is 42.4 Å². The molecule has 0 saturated carbocycles. The van der Waals surface area contributed by atoms with Gasteiger partial charge >= 0.3 is 5.97 Å². The number of hydrogen-bond acceptors (Lipinski definition) is 6. The van der Waals surface area contributed by atoms with Gasteiger partial charge in [-0.25, -0.2) is 13.4 Å². The lowest BCUT2D eigenvalue weighted by Crippen LogP contribution is -2.17.